The Morgan fingerprint density at radius 2 is 2.00 bits per heavy atom. The fourth-order valence-electron chi connectivity index (χ4n) is 1.79. The lowest BCUT2D eigenvalue weighted by molar-refractivity contribution is -0.142. The molecule has 1 heterocycles. The van der Waals surface area contributed by atoms with Gasteiger partial charge in [0.15, 0.2) is 6.61 Å². The van der Waals surface area contributed by atoms with E-state index in [0.29, 0.717) is 34.5 Å². The number of ketones is 1. The summed E-state index contributed by atoms with van der Waals surface area (Å²) in [6.07, 6.45) is 2.24. The molecular formula is C16H15Cl2NO4. The normalized spacial score (nSPS) is 10.3. The molecule has 1 aromatic carbocycles. The van der Waals surface area contributed by atoms with Crippen molar-refractivity contribution in [2.45, 2.75) is 12.8 Å². The summed E-state index contributed by atoms with van der Waals surface area (Å²) in [5, 5.41) is 0.939. The number of Topliss-reactive ketones (excluding diaryl/α,β-unsaturated/α-hetero) is 1. The van der Waals surface area contributed by atoms with E-state index in [1.165, 1.54) is 0 Å². The summed E-state index contributed by atoms with van der Waals surface area (Å²) in [5.41, 5.74) is 0.415. The zero-order valence-corrected chi connectivity index (χ0v) is 13.7. The van der Waals surface area contributed by atoms with E-state index in [1.807, 2.05) is 0 Å². The molecular weight excluding hydrogens is 341 g/mol. The van der Waals surface area contributed by atoms with Gasteiger partial charge in [0.25, 0.3) is 0 Å². The summed E-state index contributed by atoms with van der Waals surface area (Å²) in [6, 6.07) is 8.24. The first-order chi connectivity index (χ1) is 11.1. The highest BCUT2D eigenvalue weighted by Crippen LogP contribution is 2.27. The summed E-state index contributed by atoms with van der Waals surface area (Å²) in [4.78, 5) is 25.9. The van der Waals surface area contributed by atoms with E-state index in [0.717, 1.165) is 0 Å². The number of aromatic nitrogens is 1. The lowest BCUT2D eigenvalue weighted by Gasteiger charge is -2.08. The Hall–Kier alpha value is -1.98. The summed E-state index contributed by atoms with van der Waals surface area (Å²) >= 11 is 11.7. The number of H-pyrrole nitrogens is 1. The van der Waals surface area contributed by atoms with Gasteiger partial charge in [0.1, 0.15) is 5.75 Å². The lowest BCUT2D eigenvalue weighted by atomic mass is 10.3. The summed E-state index contributed by atoms with van der Waals surface area (Å²) < 4.78 is 10.4. The van der Waals surface area contributed by atoms with Crippen LogP contribution in [0.1, 0.15) is 23.3 Å². The van der Waals surface area contributed by atoms with E-state index < -0.39 is 5.97 Å². The molecule has 122 valence electrons. The number of carbonyl (C=O) groups is 2. The third-order valence-electron chi connectivity index (χ3n) is 2.94. The fraction of sp³-hybridized carbons (Fsp3) is 0.250. The molecule has 7 heteroatoms. The number of halogens is 2. The number of esters is 1. The maximum absolute atomic E-state index is 11.6. The molecule has 0 radical (unpaired) electrons. The van der Waals surface area contributed by atoms with E-state index in [1.54, 1.807) is 36.5 Å². The van der Waals surface area contributed by atoms with Crippen molar-refractivity contribution < 1.29 is 19.1 Å². The van der Waals surface area contributed by atoms with Crippen molar-refractivity contribution in [3.8, 4) is 5.75 Å². The maximum atomic E-state index is 11.6. The molecule has 0 saturated carbocycles. The first-order valence-corrected chi connectivity index (χ1v) is 7.72. The molecule has 0 bridgehead atoms. The second kappa shape index (κ2) is 8.60. The van der Waals surface area contributed by atoms with Crippen LogP contribution in [-0.2, 0) is 9.53 Å². The molecule has 0 amide bonds. The molecule has 0 fully saturated rings. The van der Waals surface area contributed by atoms with Crippen molar-refractivity contribution in [2.75, 3.05) is 13.2 Å². The van der Waals surface area contributed by atoms with Gasteiger partial charge >= 0.3 is 5.97 Å². The Morgan fingerprint density at radius 3 is 2.70 bits per heavy atom. The number of aromatic amines is 1. The Bertz CT molecular complexity index is 671. The second-order valence-corrected chi connectivity index (χ2v) is 5.54. The Labute approximate surface area is 143 Å². The SMILES string of the molecule is O=C(CCCOc1ccc(Cl)cc1Cl)OCC(=O)c1ccc[nH]1. The average molecular weight is 356 g/mol. The van der Waals surface area contributed by atoms with Gasteiger partial charge in [-0.15, -0.1) is 0 Å². The molecule has 0 aliphatic rings. The van der Waals surface area contributed by atoms with Crippen molar-refractivity contribution in [1.29, 1.82) is 0 Å². The van der Waals surface area contributed by atoms with E-state index >= 15 is 0 Å². The first kappa shape index (κ1) is 17.4. The quantitative estimate of drug-likeness (QED) is 0.442. The molecule has 0 saturated heterocycles. The van der Waals surface area contributed by atoms with Gasteiger partial charge in [0.05, 0.1) is 17.3 Å². The Morgan fingerprint density at radius 1 is 1.17 bits per heavy atom. The van der Waals surface area contributed by atoms with Crippen LogP contribution >= 0.6 is 23.2 Å². The smallest absolute Gasteiger partial charge is 0.306 e. The fourth-order valence-corrected chi connectivity index (χ4v) is 2.25. The minimum atomic E-state index is -0.448. The van der Waals surface area contributed by atoms with Crippen molar-refractivity contribution in [1.82, 2.24) is 4.98 Å². The van der Waals surface area contributed by atoms with Crippen LogP contribution in [0.2, 0.25) is 10.0 Å². The third kappa shape index (κ3) is 5.62. The average Bonchev–Trinajstić information content (AvgIpc) is 3.05. The van der Waals surface area contributed by atoms with Crippen LogP contribution in [0.25, 0.3) is 0 Å². The lowest BCUT2D eigenvalue weighted by Crippen LogP contribution is -2.15. The number of benzene rings is 1. The van der Waals surface area contributed by atoms with Crippen LogP contribution in [0.5, 0.6) is 5.75 Å². The molecule has 1 aromatic heterocycles. The molecule has 23 heavy (non-hydrogen) atoms. The number of rotatable bonds is 8. The number of hydrogen-bond acceptors (Lipinski definition) is 4. The third-order valence-corrected chi connectivity index (χ3v) is 3.47. The van der Waals surface area contributed by atoms with Crippen LogP contribution in [0, 0.1) is 0 Å². The van der Waals surface area contributed by atoms with Crippen LogP contribution < -0.4 is 4.74 Å². The van der Waals surface area contributed by atoms with Crippen molar-refractivity contribution >= 4 is 35.0 Å². The number of hydrogen-bond donors (Lipinski definition) is 1. The van der Waals surface area contributed by atoms with Gasteiger partial charge in [0, 0.05) is 17.6 Å². The predicted molar refractivity (Wildman–Crippen MR) is 87.3 cm³/mol. The molecule has 0 spiro atoms. The van der Waals surface area contributed by atoms with Crippen molar-refractivity contribution in [3.63, 3.8) is 0 Å². The number of carbonyl (C=O) groups excluding carboxylic acids is 2. The first-order valence-electron chi connectivity index (χ1n) is 6.96. The number of nitrogens with one attached hydrogen (secondary N) is 1. The van der Waals surface area contributed by atoms with Crippen LogP contribution in [-0.4, -0.2) is 30.0 Å². The Kier molecular flexibility index (Phi) is 6.50. The largest absolute Gasteiger partial charge is 0.492 e. The van der Waals surface area contributed by atoms with E-state index in [9.17, 15) is 9.59 Å². The van der Waals surface area contributed by atoms with Gasteiger partial charge in [-0.1, -0.05) is 23.2 Å². The summed E-state index contributed by atoms with van der Waals surface area (Å²) in [6.45, 7) is 0.0320. The molecule has 0 aliphatic heterocycles. The van der Waals surface area contributed by atoms with E-state index in [4.69, 9.17) is 32.7 Å². The van der Waals surface area contributed by atoms with Gasteiger partial charge in [-0.2, -0.15) is 0 Å². The highest BCUT2D eigenvalue weighted by Gasteiger charge is 2.10. The Balaban J connectivity index is 1.64. The summed E-state index contributed by atoms with van der Waals surface area (Å²) in [5.74, 6) is -0.213. The predicted octanol–water partition coefficient (Wildman–Crippen LogP) is 3.91. The van der Waals surface area contributed by atoms with Gasteiger partial charge in [-0.3, -0.25) is 9.59 Å². The second-order valence-electron chi connectivity index (χ2n) is 4.69. The van der Waals surface area contributed by atoms with Crippen LogP contribution in [0.3, 0.4) is 0 Å². The van der Waals surface area contributed by atoms with Gasteiger partial charge in [-0.05, 0) is 36.8 Å². The van der Waals surface area contributed by atoms with Gasteiger partial charge in [-0.25, -0.2) is 0 Å². The zero-order valence-electron chi connectivity index (χ0n) is 12.2. The molecule has 5 nitrogen and oxygen atoms in total. The zero-order chi connectivity index (χ0) is 16.7. The van der Waals surface area contributed by atoms with E-state index in [2.05, 4.69) is 4.98 Å². The number of ether oxygens (including phenoxy) is 2. The topological polar surface area (TPSA) is 68.4 Å². The molecule has 2 rings (SSSR count). The minimum Gasteiger partial charge on any atom is -0.492 e. The monoisotopic (exact) mass is 355 g/mol. The maximum Gasteiger partial charge on any atom is 0.306 e. The standard InChI is InChI=1S/C16H15Cl2NO4/c17-11-5-6-15(12(18)9-11)22-8-2-4-16(21)23-10-14(20)13-3-1-7-19-13/h1,3,5-7,9,19H,2,4,8,10H2. The minimum absolute atomic E-state index is 0.156. The van der Waals surface area contributed by atoms with Gasteiger partial charge < -0.3 is 14.5 Å². The summed E-state index contributed by atoms with van der Waals surface area (Å²) in [7, 11) is 0. The van der Waals surface area contributed by atoms with Crippen LogP contribution in [0.4, 0.5) is 0 Å². The van der Waals surface area contributed by atoms with Crippen molar-refractivity contribution in [3.05, 3.63) is 52.3 Å². The van der Waals surface area contributed by atoms with E-state index in [-0.39, 0.29) is 18.8 Å². The van der Waals surface area contributed by atoms with Gasteiger partial charge in [0.2, 0.25) is 5.78 Å². The molecule has 0 unspecified atom stereocenters. The van der Waals surface area contributed by atoms with Crippen LogP contribution in [0.15, 0.2) is 36.5 Å². The molecule has 0 atom stereocenters. The molecule has 0 aliphatic carbocycles. The molecule has 1 N–H and O–H groups in total. The van der Waals surface area contributed by atoms with Crippen molar-refractivity contribution in [2.24, 2.45) is 0 Å². The highest BCUT2D eigenvalue weighted by molar-refractivity contribution is 6.35. The molecule has 2 aromatic rings. The highest BCUT2D eigenvalue weighted by atomic mass is 35.5.